The Morgan fingerprint density at radius 3 is 2.84 bits per heavy atom. The molecule has 3 aromatic rings. The summed E-state index contributed by atoms with van der Waals surface area (Å²) in [5.41, 5.74) is 4.05. The molecular weight excluding hydrogens is 424 g/mol. The van der Waals surface area contributed by atoms with E-state index in [1.807, 2.05) is 29.2 Å². The van der Waals surface area contributed by atoms with Gasteiger partial charge < -0.3 is 19.0 Å². The lowest BCUT2D eigenvalue weighted by molar-refractivity contribution is 0.102. The van der Waals surface area contributed by atoms with Crippen molar-refractivity contribution in [3.63, 3.8) is 0 Å². The van der Waals surface area contributed by atoms with Crippen LogP contribution in [0, 0.1) is 0 Å². The van der Waals surface area contributed by atoms with Crippen LogP contribution in [0.2, 0.25) is 0 Å². The van der Waals surface area contributed by atoms with Crippen LogP contribution in [0.5, 0.6) is 11.5 Å². The molecule has 0 spiro atoms. The number of fused-ring (bicyclic) bond motifs is 1. The largest absolute Gasteiger partial charge is 0.504 e. The van der Waals surface area contributed by atoms with Gasteiger partial charge in [0.2, 0.25) is 5.78 Å². The van der Waals surface area contributed by atoms with Gasteiger partial charge in [-0.3, -0.25) is 4.79 Å². The Balaban J connectivity index is 1.62. The van der Waals surface area contributed by atoms with E-state index in [0.717, 1.165) is 36.0 Å². The van der Waals surface area contributed by atoms with Crippen LogP contribution in [0.1, 0.15) is 58.1 Å². The zero-order valence-electron chi connectivity index (χ0n) is 18.2. The summed E-state index contributed by atoms with van der Waals surface area (Å²) < 4.78 is 7.37. The molecule has 1 aromatic heterocycles. The van der Waals surface area contributed by atoms with Gasteiger partial charge in [-0.15, -0.1) is 0 Å². The summed E-state index contributed by atoms with van der Waals surface area (Å²) in [7, 11) is 0. The third-order valence-corrected chi connectivity index (χ3v) is 6.52. The highest BCUT2D eigenvalue weighted by Gasteiger charge is 2.23. The maximum Gasteiger partial charge on any atom is 0.228 e. The quantitative estimate of drug-likeness (QED) is 0.208. The first-order chi connectivity index (χ1) is 15.6. The zero-order chi connectivity index (χ0) is 22.5. The van der Waals surface area contributed by atoms with Crippen LogP contribution in [-0.2, 0) is 23.6 Å². The molecule has 6 nitrogen and oxygen atoms in total. The summed E-state index contributed by atoms with van der Waals surface area (Å²) in [6.45, 7) is 1.04. The second kappa shape index (κ2) is 10.2. The van der Waals surface area contributed by atoms with Gasteiger partial charge in [0.15, 0.2) is 17.3 Å². The molecule has 0 radical (unpaired) electrons. The monoisotopic (exact) mass is 452 g/mol. The summed E-state index contributed by atoms with van der Waals surface area (Å²) in [6, 6.07) is 10.9. The smallest absolute Gasteiger partial charge is 0.228 e. The SMILES string of the molecule is CSOCCC(Cn1ccnc1C(=O)c1cccc2c1CCCC2)c1ccc(O)c(O)c1. The fourth-order valence-electron chi connectivity index (χ4n) is 4.45. The number of aromatic hydroxyl groups is 2. The molecule has 7 heteroatoms. The first-order valence-electron chi connectivity index (χ1n) is 10.9. The van der Waals surface area contributed by atoms with Crippen molar-refractivity contribution in [1.82, 2.24) is 9.55 Å². The van der Waals surface area contributed by atoms with Crippen molar-refractivity contribution in [3.05, 3.63) is 76.9 Å². The van der Waals surface area contributed by atoms with Crippen molar-refractivity contribution in [2.75, 3.05) is 12.9 Å². The lowest BCUT2D eigenvalue weighted by atomic mass is 9.87. The normalized spacial score (nSPS) is 14.2. The van der Waals surface area contributed by atoms with E-state index >= 15 is 0 Å². The van der Waals surface area contributed by atoms with Gasteiger partial charge in [-0.2, -0.15) is 0 Å². The highest BCUT2D eigenvalue weighted by Crippen LogP contribution is 2.32. The number of benzene rings is 2. The van der Waals surface area contributed by atoms with Crippen molar-refractivity contribution >= 4 is 17.8 Å². The van der Waals surface area contributed by atoms with Gasteiger partial charge in [-0.1, -0.05) is 24.3 Å². The molecule has 2 N–H and O–H groups in total. The van der Waals surface area contributed by atoms with Crippen molar-refractivity contribution in [2.45, 2.75) is 44.6 Å². The van der Waals surface area contributed by atoms with Gasteiger partial charge in [0.25, 0.3) is 0 Å². The van der Waals surface area contributed by atoms with E-state index in [1.165, 1.54) is 30.1 Å². The number of ketones is 1. The van der Waals surface area contributed by atoms with Crippen molar-refractivity contribution < 1.29 is 19.2 Å². The Hall–Kier alpha value is -2.77. The standard InChI is InChI=1S/C25H28N2O4S/c1-32-31-14-11-19(18-9-10-22(28)23(29)15-18)16-27-13-12-26-25(27)24(30)21-8-4-6-17-5-2-3-7-20(17)21/h4,6,8-10,12-13,15,19,28-29H,2-3,5,7,11,14,16H2,1H3. The van der Waals surface area contributed by atoms with Crippen LogP contribution in [0.4, 0.5) is 0 Å². The number of aromatic nitrogens is 2. The number of phenolic OH excluding ortho intramolecular Hbond substituents is 2. The molecule has 168 valence electrons. The van der Waals surface area contributed by atoms with E-state index in [4.69, 9.17) is 4.18 Å². The average molecular weight is 453 g/mol. The van der Waals surface area contributed by atoms with E-state index in [-0.39, 0.29) is 23.2 Å². The molecular formula is C25H28N2O4S. The molecule has 0 saturated carbocycles. The van der Waals surface area contributed by atoms with Crippen molar-refractivity contribution in [2.24, 2.45) is 0 Å². The minimum absolute atomic E-state index is 0.0286. The van der Waals surface area contributed by atoms with Crippen molar-refractivity contribution in [3.8, 4) is 11.5 Å². The maximum absolute atomic E-state index is 13.5. The van der Waals surface area contributed by atoms with Crippen molar-refractivity contribution in [1.29, 1.82) is 0 Å². The number of imidazole rings is 1. The number of carbonyl (C=O) groups is 1. The maximum atomic E-state index is 13.5. The molecule has 1 aliphatic rings. The van der Waals surface area contributed by atoms with Gasteiger partial charge in [0.05, 0.1) is 6.61 Å². The van der Waals surface area contributed by atoms with Crippen LogP contribution >= 0.6 is 12.0 Å². The molecule has 32 heavy (non-hydrogen) atoms. The molecule has 0 amide bonds. The van der Waals surface area contributed by atoms with Gasteiger partial charge >= 0.3 is 0 Å². The summed E-state index contributed by atoms with van der Waals surface area (Å²) >= 11 is 1.31. The molecule has 0 aliphatic heterocycles. The highest BCUT2D eigenvalue weighted by molar-refractivity contribution is 7.93. The number of carbonyl (C=O) groups excluding carboxylic acids is 1. The van der Waals surface area contributed by atoms with Crippen LogP contribution in [0.25, 0.3) is 0 Å². The van der Waals surface area contributed by atoms with Crippen LogP contribution in [0.15, 0.2) is 48.8 Å². The molecule has 4 rings (SSSR count). The second-order valence-corrected chi connectivity index (χ2v) is 8.67. The van der Waals surface area contributed by atoms with E-state index in [9.17, 15) is 15.0 Å². The Morgan fingerprint density at radius 2 is 2.03 bits per heavy atom. The third kappa shape index (κ3) is 4.84. The molecule has 1 heterocycles. The number of aryl methyl sites for hydroxylation is 1. The van der Waals surface area contributed by atoms with E-state index in [0.29, 0.717) is 25.4 Å². The first kappa shape index (κ1) is 22.4. The fourth-order valence-corrected chi connectivity index (χ4v) is 4.71. The van der Waals surface area contributed by atoms with Crippen LogP contribution < -0.4 is 0 Å². The lowest BCUT2D eigenvalue weighted by Crippen LogP contribution is -2.18. The third-order valence-electron chi connectivity index (χ3n) is 6.11. The number of hydrogen-bond donors (Lipinski definition) is 2. The predicted octanol–water partition coefficient (Wildman–Crippen LogP) is 4.87. The van der Waals surface area contributed by atoms with Gasteiger partial charge in [0, 0.05) is 36.7 Å². The molecule has 0 saturated heterocycles. The number of rotatable bonds is 9. The highest BCUT2D eigenvalue weighted by atomic mass is 32.2. The predicted molar refractivity (Wildman–Crippen MR) is 125 cm³/mol. The average Bonchev–Trinajstić information content (AvgIpc) is 3.28. The zero-order valence-corrected chi connectivity index (χ0v) is 19.0. The van der Waals surface area contributed by atoms with Crippen LogP contribution in [0.3, 0.4) is 0 Å². The number of nitrogens with zero attached hydrogens (tertiary/aromatic N) is 2. The minimum Gasteiger partial charge on any atom is -0.504 e. The summed E-state index contributed by atoms with van der Waals surface area (Å²) in [6.07, 6.45) is 10.3. The number of hydrogen-bond acceptors (Lipinski definition) is 6. The summed E-state index contributed by atoms with van der Waals surface area (Å²) in [4.78, 5) is 17.9. The molecule has 2 aromatic carbocycles. The lowest BCUT2D eigenvalue weighted by Gasteiger charge is -2.21. The second-order valence-electron chi connectivity index (χ2n) is 8.11. The minimum atomic E-state index is -0.156. The molecule has 0 fully saturated rings. The molecule has 0 bridgehead atoms. The fraction of sp³-hybridized carbons (Fsp3) is 0.360. The number of phenols is 2. The molecule has 1 unspecified atom stereocenters. The Labute approximate surface area is 192 Å². The van der Waals surface area contributed by atoms with Gasteiger partial charge in [-0.25, -0.2) is 4.98 Å². The van der Waals surface area contributed by atoms with E-state index < -0.39 is 0 Å². The Bertz CT molecular complexity index is 1100. The van der Waals surface area contributed by atoms with Crippen LogP contribution in [-0.4, -0.2) is 38.4 Å². The summed E-state index contributed by atoms with van der Waals surface area (Å²) in [5, 5.41) is 19.7. The topological polar surface area (TPSA) is 84.6 Å². The van der Waals surface area contributed by atoms with E-state index in [2.05, 4.69) is 11.1 Å². The Morgan fingerprint density at radius 1 is 1.19 bits per heavy atom. The molecule has 1 atom stereocenters. The molecule has 1 aliphatic carbocycles. The summed E-state index contributed by atoms with van der Waals surface area (Å²) in [5.74, 6) is 0.0274. The Kier molecular flexibility index (Phi) is 7.17. The van der Waals surface area contributed by atoms with Gasteiger partial charge in [-0.05, 0) is 73.0 Å². The first-order valence-corrected chi connectivity index (χ1v) is 12.1. The van der Waals surface area contributed by atoms with E-state index in [1.54, 1.807) is 18.3 Å². The van der Waals surface area contributed by atoms with Gasteiger partial charge in [0.1, 0.15) is 0 Å².